The lowest BCUT2D eigenvalue weighted by Gasteiger charge is -2.35. The van der Waals surface area contributed by atoms with Crippen molar-refractivity contribution in [2.75, 3.05) is 26.7 Å². The third-order valence-corrected chi connectivity index (χ3v) is 7.29. The van der Waals surface area contributed by atoms with E-state index in [9.17, 15) is 23.9 Å². The van der Waals surface area contributed by atoms with E-state index in [1.54, 1.807) is 18.2 Å². The average Bonchev–Trinajstić information content (AvgIpc) is 2.95. The molecule has 0 saturated heterocycles. The molecule has 1 aliphatic rings. The van der Waals surface area contributed by atoms with E-state index in [0.29, 0.717) is 30.9 Å². The first-order valence-electron chi connectivity index (χ1n) is 14.0. The quantitative estimate of drug-likeness (QED) is 0.440. The third-order valence-electron chi connectivity index (χ3n) is 7.29. The molecule has 3 amide bonds. The number of nitrogens with zero attached hydrogens (tertiary/aromatic N) is 1. The number of benzene rings is 2. The molecule has 1 heterocycles. The number of nitrogens with one attached hydrogen (secondary N) is 3. The molecule has 0 spiro atoms. The lowest BCUT2D eigenvalue weighted by molar-refractivity contribution is -0.146. The summed E-state index contributed by atoms with van der Waals surface area (Å²) in [5.41, 5.74) is 1.46. The van der Waals surface area contributed by atoms with Crippen LogP contribution < -0.4 is 20.7 Å². The van der Waals surface area contributed by atoms with Gasteiger partial charge in [0.2, 0.25) is 17.7 Å². The van der Waals surface area contributed by atoms with Gasteiger partial charge < -0.3 is 30.7 Å². The Morgan fingerprint density at radius 2 is 1.78 bits per heavy atom. The number of ether oxygens (including phenoxy) is 1. The van der Waals surface area contributed by atoms with Gasteiger partial charge in [-0.05, 0) is 36.6 Å². The molecule has 9 nitrogen and oxygen atoms in total. The molecule has 0 radical (unpaired) electrons. The molecule has 3 rings (SSSR count). The smallest absolute Gasteiger partial charge is 0.246 e. The van der Waals surface area contributed by atoms with E-state index >= 15 is 0 Å². The molecule has 10 heteroatoms. The van der Waals surface area contributed by atoms with E-state index < -0.39 is 41.9 Å². The van der Waals surface area contributed by atoms with Crippen LogP contribution in [0, 0.1) is 11.7 Å². The number of aliphatic hydroxyl groups excluding tert-OH is 1. The number of hydrogen-bond donors (Lipinski definition) is 4. The van der Waals surface area contributed by atoms with Gasteiger partial charge in [0.05, 0.1) is 12.1 Å². The molecule has 0 aromatic heterocycles. The second-order valence-corrected chi connectivity index (χ2v) is 10.4. The molecule has 2 aromatic carbocycles. The molecule has 2 unspecified atom stereocenters. The molecule has 222 valence electrons. The largest absolute Gasteiger partial charge is 0.492 e. The van der Waals surface area contributed by atoms with E-state index in [1.165, 1.54) is 31.0 Å². The second kappa shape index (κ2) is 15.3. The highest BCUT2D eigenvalue weighted by Gasteiger charge is 2.37. The minimum absolute atomic E-state index is 0.0690. The summed E-state index contributed by atoms with van der Waals surface area (Å²) in [6, 6.07) is 10.2. The van der Waals surface area contributed by atoms with Crippen LogP contribution in [0.1, 0.15) is 38.3 Å². The summed E-state index contributed by atoms with van der Waals surface area (Å²) in [4.78, 5) is 41.7. The summed E-state index contributed by atoms with van der Waals surface area (Å²) >= 11 is 0. The van der Waals surface area contributed by atoms with Crippen LogP contribution in [-0.4, -0.2) is 78.7 Å². The number of likely N-dealkylation sites (N-methyl/N-ethyl adjacent to an activating group) is 1. The van der Waals surface area contributed by atoms with Crippen LogP contribution in [0.5, 0.6) is 5.75 Å². The first kappa shape index (κ1) is 31.8. The highest BCUT2D eigenvalue weighted by atomic mass is 19.1. The summed E-state index contributed by atoms with van der Waals surface area (Å²) in [7, 11) is 1.47. The number of para-hydroxylation sites is 1. The summed E-state index contributed by atoms with van der Waals surface area (Å²) in [5, 5.41) is 19.4. The van der Waals surface area contributed by atoms with E-state index in [1.807, 2.05) is 44.2 Å². The molecule has 0 fully saturated rings. The van der Waals surface area contributed by atoms with Crippen molar-refractivity contribution in [3.63, 3.8) is 0 Å². The Kier molecular flexibility index (Phi) is 11.9. The fraction of sp³-hybridized carbons (Fsp3) is 0.452. The molecule has 5 atom stereocenters. The maximum absolute atomic E-state index is 13.7. The van der Waals surface area contributed by atoms with Crippen LogP contribution in [0.15, 0.2) is 54.6 Å². The Morgan fingerprint density at radius 3 is 2.46 bits per heavy atom. The molecule has 1 aliphatic heterocycles. The van der Waals surface area contributed by atoms with Crippen molar-refractivity contribution in [3.05, 3.63) is 71.6 Å². The Balaban J connectivity index is 1.96. The van der Waals surface area contributed by atoms with Gasteiger partial charge in [-0.2, -0.15) is 0 Å². The standard InChI is InChI=1S/C31H41FN4O5/c1-5-20(2)27-31(40)36(4)28(21(3)37)30(39)35-25(19-22-12-14-24(32)15-13-22)29(38)34-16-8-10-23-9-6-7-11-26(23)41-18-17-33-27/h6-15,20-21,25,27-28,33,37H,5,16-19H2,1-4H3,(H,34,38)(H,35,39)/t20?,21?,25-,27+,28+/m1/s1. The van der Waals surface area contributed by atoms with E-state index in [-0.39, 0.29) is 24.8 Å². The van der Waals surface area contributed by atoms with Gasteiger partial charge in [0.25, 0.3) is 0 Å². The molecule has 0 aliphatic carbocycles. The number of halogens is 1. The molecule has 4 N–H and O–H groups in total. The van der Waals surface area contributed by atoms with Crippen molar-refractivity contribution in [1.82, 2.24) is 20.9 Å². The monoisotopic (exact) mass is 568 g/mol. The molecule has 2 aromatic rings. The SMILES string of the molecule is CCC(C)[C@@H]1NCCOc2ccccc2C=CCNC(=O)[C@@H](Cc2ccc(F)cc2)NC(=O)[C@H](C(C)O)N(C)C1=O. The number of rotatable bonds is 5. The van der Waals surface area contributed by atoms with Crippen LogP contribution >= 0.6 is 0 Å². The molecule has 0 bridgehead atoms. The van der Waals surface area contributed by atoms with Crippen molar-refractivity contribution < 1.29 is 28.6 Å². The molecular formula is C31H41FN4O5. The zero-order chi connectivity index (χ0) is 29.9. The maximum Gasteiger partial charge on any atom is 0.246 e. The Labute approximate surface area is 241 Å². The summed E-state index contributed by atoms with van der Waals surface area (Å²) in [5.74, 6) is -1.31. The van der Waals surface area contributed by atoms with Gasteiger partial charge in [-0.15, -0.1) is 0 Å². The fourth-order valence-electron chi connectivity index (χ4n) is 4.76. The lowest BCUT2D eigenvalue weighted by atomic mass is 9.96. The number of carbonyl (C=O) groups excluding carboxylic acids is 3. The number of hydrogen-bond acceptors (Lipinski definition) is 6. The van der Waals surface area contributed by atoms with Gasteiger partial charge in [0.15, 0.2) is 0 Å². The highest BCUT2D eigenvalue weighted by Crippen LogP contribution is 2.20. The van der Waals surface area contributed by atoms with Crippen LogP contribution in [-0.2, 0) is 20.8 Å². The van der Waals surface area contributed by atoms with Gasteiger partial charge in [-0.1, -0.05) is 62.8 Å². The number of aliphatic hydroxyl groups is 1. The van der Waals surface area contributed by atoms with Crippen molar-refractivity contribution in [2.24, 2.45) is 5.92 Å². The summed E-state index contributed by atoms with van der Waals surface area (Å²) < 4.78 is 19.5. The molecule has 41 heavy (non-hydrogen) atoms. The van der Waals surface area contributed by atoms with Gasteiger partial charge in [-0.25, -0.2) is 4.39 Å². The van der Waals surface area contributed by atoms with Gasteiger partial charge in [0.1, 0.15) is 30.3 Å². The Hall–Kier alpha value is -3.76. The summed E-state index contributed by atoms with van der Waals surface area (Å²) in [6.07, 6.45) is 3.19. The topological polar surface area (TPSA) is 120 Å². The van der Waals surface area contributed by atoms with Crippen LogP contribution in [0.4, 0.5) is 4.39 Å². The van der Waals surface area contributed by atoms with E-state index in [0.717, 1.165) is 5.56 Å². The minimum Gasteiger partial charge on any atom is -0.492 e. The van der Waals surface area contributed by atoms with E-state index in [2.05, 4.69) is 16.0 Å². The van der Waals surface area contributed by atoms with E-state index in [4.69, 9.17) is 4.74 Å². The minimum atomic E-state index is -1.25. The summed E-state index contributed by atoms with van der Waals surface area (Å²) in [6.45, 7) is 6.21. The van der Waals surface area contributed by atoms with Crippen LogP contribution in [0.25, 0.3) is 6.08 Å². The zero-order valence-corrected chi connectivity index (χ0v) is 24.1. The van der Waals surface area contributed by atoms with Crippen molar-refractivity contribution in [1.29, 1.82) is 0 Å². The Bertz CT molecular complexity index is 1200. The molecule has 0 saturated carbocycles. The highest BCUT2D eigenvalue weighted by molar-refractivity contribution is 5.93. The zero-order valence-electron chi connectivity index (χ0n) is 24.1. The average molecular weight is 569 g/mol. The maximum atomic E-state index is 13.7. The lowest BCUT2D eigenvalue weighted by Crippen LogP contribution is -2.61. The molecular weight excluding hydrogens is 527 g/mol. The Morgan fingerprint density at radius 1 is 1.07 bits per heavy atom. The number of amides is 3. The fourth-order valence-corrected chi connectivity index (χ4v) is 4.76. The van der Waals surface area contributed by atoms with Crippen molar-refractivity contribution in [2.45, 2.75) is 57.8 Å². The third kappa shape index (κ3) is 8.86. The first-order chi connectivity index (χ1) is 19.6. The second-order valence-electron chi connectivity index (χ2n) is 10.4. The van der Waals surface area contributed by atoms with Gasteiger partial charge in [0, 0.05) is 32.1 Å². The van der Waals surface area contributed by atoms with Gasteiger partial charge in [-0.3, -0.25) is 14.4 Å². The van der Waals surface area contributed by atoms with Crippen molar-refractivity contribution in [3.8, 4) is 5.75 Å². The first-order valence-corrected chi connectivity index (χ1v) is 14.0. The van der Waals surface area contributed by atoms with Crippen LogP contribution in [0.2, 0.25) is 0 Å². The van der Waals surface area contributed by atoms with Crippen LogP contribution in [0.3, 0.4) is 0 Å². The van der Waals surface area contributed by atoms with Gasteiger partial charge >= 0.3 is 0 Å². The van der Waals surface area contributed by atoms with Crippen molar-refractivity contribution >= 4 is 23.8 Å². The number of fused-ring (bicyclic) bond motifs is 1. The number of carbonyl (C=O) groups is 3. The normalized spacial score (nSPS) is 22.8. The predicted octanol–water partition coefficient (Wildman–Crippen LogP) is 2.29. The predicted molar refractivity (Wildman–Crippen MR) is 155 cm³/mol.